The number of benzene rings is 1. The molecule has 0 aromatic heterocycles. The number of ether oxygens (including phenoxy) is 1. The molecule has 0 bridgehead atoms. The Morgan fingerprint density at radius 2 is 2.16 bits per heavy atom. The smallest absolute Gasteiger partial charge is 0.314 e. The molecule has 0 unspecified atom stereocenters. The van der Waals surface area contributed by atoms with Gasteiger partial charge in [-0.1, -0.05) is 12.5 Å². The van der Waals surface area contributed by atoms with Gasteiger partial charge < -0.3 is 9.84 Å². The number of rotatable bonds is 5. The summed E-state index contributed by atoms with van der Waals surface area (Å²) >= 11 is 3.47. The highest BCUT2D eigenvalue weighted by molar-refractivity contribution is 9.10. The van der Waals surface area contributed by atoms with E-state index in [0.717, 1.165) is 41.7 Å². The zero-order valence-corrected chi connectivity index (χ0v) is 12.3. The molecular formula is C15H17BrO3. The topological polar surface area (TPSA) is 46.5 Å². The Kier molecular flexibility index (Phi) is 3.29. The number of carbonyl (C=O) groups is 1. The molecule has 2 aliphatic rings. The van der Waals surface area contributed by atoms with Crippen molar-refractivity contribution in [3.63, 3.8) is 0 Å². The van der Waals surface area contributed by atoms with Gasteiger partial charge in [0.2, 0.25) is 0 Å². The second-order valence-corrected chi connectivity index (χ2v) is 6.49. The summed E-state index contributed by atoms with van der Waals surface area (Å²) in [5, 5.41) is 9.47. The van der Waals surface area contributed by atoms with Gasteiger partial charge in [-0.05, 0) is 65.2 Å². The highest BCUT2D eigenvalue weighted by Gasteiger charge is 2.46. The van der Waals surface area contributed by atoms with Crippen molar-refractivity contribution in [2.75, 3.05) is 6.61 Å². The quantitative estimate of drug-likeness (QED) is 0.897. The Balaban J connectivity index is 1.85. The molecule has 2 fully saturated rings. The molecule has 4 heteroatoms. The highest BCUT2D eigenvalue weighted by Crippen LogP contribution is 2.45. The first-order valence-corrected chi connectivity index (χ1v) is 7.57. The number of halogens is 1. The van der Waals surface area contributed by atoms with Gasteiger partial charge in [-0.25, -0.2) is 0 Å². The molecule has 0 heterocycles. The average Bonchev–Trinajstić information content (AvgIpc) is 3.11. The fourth-order valence-corrected chi connectivity index (χ4v) is 2.92. The molecule has 0 aliphatic heterocycles. The Bertz CT molecular complexity index is 504. The van der Waals surface area contributed by atoms with E-state index >= 15 is 0 Å². The van der Waals surface area contributed by atoms with Crippen LogP contribution in [0.3, 0.4) is 0 Å². The molecule has 0 atom stereocenters. The highest BCUT2D eigenvalue weighted by atomic mass is 79.9. The number of hydrogen-bond acceptors (Lipinski definition) is 2. The standard InChI is InChI=1S/C15H17BrO3/c16-12-5-4-11(15(14(17)18)6-1-7-15)8-13(12)19-9-10-2-3-10/h4-5,8,10H,1-3,6-7,9H2,(H,17,18). The van der Waals surface area contributed by atoms with E-state index in [0.29, 0.717) is 5.92 Å². The van der Waals surface area contributed by atoms with Gasteiger partial charge in [-0.15, -0.1) is 0 Å². The van der Waals surface area contributed by atoms with Gasteiger partial charge in [0, 0.05) is 0 Å². The van der Waals surface area contributed by atoms with Gasteiger partial charge in [0.15, 0.2) is 0 Å². The Hall–Kier alpha value is -1.03. The molecule has 1 aromatic carbocycles. The van der Waals surface area contributed by atoms with E-state index in [9.17, 15) is 9.90 Å². The third kappa shape index (κ3) is 2.38. The lowest BCUT2D eigenvalue weighted by Gasteiger charge is -2.38. The normalized spacial score (nSPS) is 20.7. The van der Waals surface area contributed by atoms with Crippen LogP contribution in [0.1, 0.15) is 37.7 Å². The Labute approximate surface area is 121 Å². The zero-order chi connectivity index (χ0) is 13.5. The molecule has 102 valence electrons. The molecule has 3 rings (SSSR count). The van der Waals surface area contributed by atoms with Crippen LogP contribution < -0.4 is 4.74 Å². The summed E-state index contributed by atoms with van der Waals surface area (Å²) in [6.45, 7) is 0.738. The minimum absolute atomic E-state index is 0.682. The average molecular weight is 325 g/mol. The van der Waals surface area contributed by atoms with Crippen LogP contribution in [0.25, 0.3) is 0 Å². The van der Waals surface area contributed by atoms with Crippen LogP contribution in [0.2, 0.25) is 0 Å². The minimum Gasteiger partial charge on any atom is -0.492 e. The van der Waals surface area contributed by atoms with Crippen molar-refractivity contribution in [1.29, 1.82) is 0 Å². The first-order valence-electron chi connectivity index (χ1n) is 6.78. The monoisotopic (exact) mass is 324 g/mol. The van der Waals surface area contributed by atoms with Crippen LogP contribution in [0.15, 0.2) is 22.7 Å². The molecule has 0 saturated heterocycles. The Morgan fingerprint density at radius 1 is 1.42 bits per heavy atom. The van der Waals surface area contributed by atoms with Crippen molar-refractivity contribution in [1.82, 2.24) is 0 Å². The van der Waals surface area contributed by atoms with Crippen LogP contribution in [0.5, 0.6) is 5.75 Å². The summed E-state index contributed by atoms with van der Waals surface area (Å²) in [6, 6.07) is 5.71. The Morgan fingerprint density at radius 3 is 2.68 bits per heavy atom. The van der Waals surface area contributed by atoms with Crippen molar-refractivity contribution in [3.8, 4) is 5.75 Å². The van der Waals surface area contributed by atoms with Crippen LogP contribution in [0, 0.1) is 5.92 Å². The molecule has 0 spiro atoms. The number of carboxylic acid groups (broad SMARTS) is 1. The lowest BCUT2D eigenvalue weighted by molar-refractivity contribution is -0.147. The maximum atomic E-state index is 11.5. The summed E-state index contributed by atoms with van der Waals surface area (Å²) in [5.74, 6) is 0.749. The zero-order valence-electron chi connectivity index (χ0n) is 10.7. The van der Waals surface area contributed by atoms with Gasteiger partial charge in [-0.3, -0.25) is 4.79 Å². The van der Waals surface area contributed by atoms with E-state index in [2.05, 4.69) is 15.9 Å². The summed E-state index contributed by atoms with van der Waals surface area (Å²) in [6.07, 6.45) is 4.94. The lowest BCUT2D eigenvalue weighted by Crippen LogP contribution is -2.42. The molecule has 3 nitrogen and oxygen atoms in total. The van der Waals surface area contributed by atoms with Crippen molar-refractivity contribution >= 4 is 21.9 Å². The van der Waals surface area contributed by atoms with E-state index in [1.165, 1.54) is 12.8 Å². The first-order chi connectivity index (χ1) is 9.12. The number of aliphatic carboxylic acids is 1. The van der Waals surface area contributed by atoms with E-state index in [-0.39, 0.29) is 0 Å². The van der Waals surface area contributed by atoms with Gasteiger partial charge in [0.05, 0.1) is 16.5 Å². The molecule has 19 heavy (non-hydrogen) atoms. The predicted octanol–water partition coefficient (Wildman–Crippen LogP) is 3.74. The molecule has 2 saturated carbocycles. The van der Waals surface area contributed by atoms with Crippen molar-refractivity contribution in [3.05, 3.63) is 28.2 Å². The summed E-state index contributed by atoms with van der Waals surface area (Å²) in [4.78, 5) is 11.5. The maximum Gasteiger partial charge on any atom is 0.314 e. The van der Waals surface area contributed by atoms with E-state index in [1.807, 2.05) is 18.2 Å². The number of carboxylic acids is 1. The summed E-state index contributed by atoms with van der Waals surface area (Å²) in [5.41, 5.74) is 0.193. The fraction of sp³-hybridized carbons (Fsp3) is 0.533. The number of hydrogen-bond donors (Lipinski definition) is 1. The van der Waals surface area contributed by atoms with Gasteiger partial charge >= 0.3 is 5.97 Å². The first kappa shape index (κ1) is 13.0. The van der Waals surface area contributed by atoms with Crippen molar-refractivity contribution in [2.45, 2.75) is 37.5 Å². The minimum atomic E-state index is -0.714. The molecule has 2 aliphatic carbocycles. The van der Waals surface area contributed by atoms with E-state index in [4.69, 9.17) is 4.74 Å². The van der Waals surface area contributed by atoms with Gasteiger partial charge in [-0.2, -0.15) is 0 Å². The summed E-state index contributed by atoms with van der Waals surface area (Å²) < 4.78 is 6.70. The molecule has 1 N–H and O–H groups in total. The van der Waals surface area contributed by atoms with Crippen molar-refractivity contribution in [2.24, 2.45) is 5.92 Å². The molecule has 0 amide bonds. The molecular weight excluding hydrogens is 308 g/mol. The van der Waals surface area contributed by atoms with Gasteiger partial charge in [0.25, 0.3) is 0 Å². The van der Waals surface area contributed by atoms with E-state index < -0.39 is 11.4 Å². The van der Waals surface area contributed by atoms with Crippen LogP contribution in [-0.2, 0) is 10.2 Å². The van der Waals surface area contributed by atoms with Crippen LogP contribution >= 0.6 is 15.9 Å². The SMILES string of the molecule is O=C(O)C1(c2ccc(Br)c(OCC3CC3)c2)CCC1. The lowest BCUT2D eigenvalue weighted by atomic mass is 9.64. The predicted molar refractivity (Wildman–Crippen MR) is 75.5 cm³/mol. The fourth-order valence-electron chi connectivity index (χ4n) is 2.56. The third-order valence-corrected chi connectivity index (χ3v) is 4.93. The molecule has 1 aromatic rings. The van der Waals surface area contributed by atoms with E-state index in [1.54, 1.807) is 0 Å². The second kappa shape index (κ2) is 4.82. The molecule has 0 radical (unpaired) electrons. The maximum absolute atomic E-state index is 11.5. The van der Waals surface area contributed by atoms with Crippen molar-refractivity contribution < 1.29 is 14.6 Å². The van der Waals surface area contributed by atoms with Gasteiger partial charge in [0.1, 0.15) is 5.75 Å². The summed E-state index contributed by atoms with van der Waals surface area (Å²) in [7, 11) is 0. The third-order valence-electron chi connectivity index (χ3n) is 4.27. The second-order valence-electron chi connectivity index (χ2n) is 5.64. The van der Waals surface area contributed by atoms with Crippen LogP contribution in [-0.4, -0.2) is 17.7 Å². The largest absolute Gasteiger partial charge is 0.492 e. The van der Waals surface area contributed by atoms with Crippen LogP contribution in [0.4, 0.5) is 0 Å².